The molecule has 7 nitrogen and oxygen atoms in total. The van der Waals surface area contributed by atoms with Crippen molar-refractivity contribution in [3.05, 3.63) is 58.0 Å². The number of likely N-dealkylation sites (N-methyl/N-ethyl adjacent to an activating group) is 1. The SMILES string of the molecule is Cc1cc(C#CC2CC2)ccc1N(C)C(=O)n1ccc(OCC(=O)N(C)C)cc1=O. The van der Waals surface area contributed by atoms with Crippen LogP contribution in [0.1, 0.15) is 24.0 Å². The topological polar surface area (TPSA) is 71.8 Å². The molecule has 1 aliphatic carbocycles. The van der Waals surface area contributed by atoms with Crippen molar-refractivity contribution >= 4 is 17.6 Å². The molecule has 2 amide bonds. The molecule has 7 heteroatoms. The van der Waals surface area contributed by atoms with Crippen molar-refractivity contribution in [2.75, 3.05) is 32.6 Å². The Balaban J connectivity index is 1.73. The molecule has 1 aromatic heterocycles. The lowest BCUT2D eigenvalue weighted by Crippen LogP contribution is -2.37. The van der Waals surface area contributed by atoms with Gasteiger partial charge in [-0.05, 0) is 49.6 Å². The Bertz CT molecular complexity index is 1090. The van der Waals surface area contributed by atoms with E-state index in [0.717, 1.165) is 15.7 Å². The number of rotatable bonds is 4. The van der Waals surface area contributed by atoms with Crippen LogP contribution in [0, 0.1) is 24.7 Å². The van der Waals surface area contributed by atoms with E-state index in [1.54, 1.807) is 21.1 Å². The molecule has 156 valence electrons. The third-order valence-corrected chi connectivity index (χ3v) is 4.80. The van der Waals surface area contributed by atoms with E-state index in [4.69, 9.17) is 4.74 Å². The van der Waals surface area contributed by atoms with Gasteiger partial charge in [-0.25, -0.2) is 9.36 Å². The van der Waals surface area contributed by atoms with Crippen molar-refractivity contribution in [3.8, 4) is 17.6 Å². The summed E-state index contributed by atoms with van der Waals surface area (Å²) in [7, 11) is 4.85. The number of aryl methyl sites for hydroxylation is 1. The number of benzene rings is 1. The minimum absolute atomic E-state index is 0.181. The molecule has 0 atom stereocenters. The number of pyridine rings is 1. The molecular formula is C23H25N3O4. The standard InChI is InChI=1S/C23H25N3O4/c1-16-13-18(8-7-17-5-6-17)9-10-20(16)25(4)23(29)26-12-11-19(14-21(26)27)30-15-22(28)24(2)3/h9-14,17H,5-6,15H2,1-4H3. The second-order valence-electron chi connectivity index (χ2n) is 7.53. The van der Waals surface area contributed by atoms with Gasteiger partial charge in [0.25, 0.3) is 11.5 Å². The monoisotopic (exact) mass is 407 g/mol. The Morgan fingerprint density at radius 3 is 2.50 bits per heavy atom. The Morgan fingerprint density at radius 1 is 1.17 bits per heavy atom. The summed E-state index contributed by atoms with van der Waals surface area (Å²) in [6, 6.07) is 7.84. The second kappa shape index (κ2) is 8.87. The van der Waals surface area contributed by atoms with Gasteiger partial charge in [-0.2, -0.15) is 0 Å². The van der Waals surface area contributed by atoms with E-state index in [-0.39, 0.29) is 18.3 Å². The summed E-state index contributed by atoms with van der Waals surface area (Å²) in [5.41, 5.74) is 1.96. The fourth-order valence-electron chi connectivity index (χ4n) is 2.77. The molecule has 2 aromatic rings. The van der Waals surface area contributed by atoms with Crippen LogP contribution >= 0.6 is 0 Å². The van der Waals surface area contributed by atoms with Gasteiger partial charge in [-0.1, -0.05) is 11.8 Å². The van der Waals surface area contributed by atoms with Crippen molar-refractivity contribution in [1.82, 2.24) is 9.47 Å². The van der Waals surface area contributed by atoms with Crippen LogP contribution in [0.2, 0.25) is 0 Å². The summed E-state index contributed by atoms with van der Waals surface area (Å²) < 4.78 is 6.32. The zero-order valence-electron chi connectivity index (χ0n) is 17.6. The number of hydrogen-bond donors (Lipinski definition) is 0. The number of anilines is 1. The van der Waals surface area contributed by atoms with Crippen LogP contribution in [-0.2, 0) is 4.79 Å². The molecule has 1 saturated carbocycles. The molecule has 30 heavy (non-hydrogen) atoms. The molecule has 0 N–H and O–H groups in total. The van der Waals surface area contributed by atoms with Crippen molar-refractivity contribution in [3.63, 3.8) is 0 Å². The third-order valence-electron chi connectivity index (χ3n) is 4.80. The lowest BCUT2D eigenvalue weighted by molar-refractivity contribution is -0.130. The zero-order chi connectivity index (χ0) is 21.8. The van der Waals surface area contributed by atoms with E-state index in [2.05, 4.69) is 11.8 Å². The van der Waals surface area contributed by atoms with Gasteiger partial charge in [-0.15, -0.1) is 0 Å². The summed E-state index contributed by atoms with van der Waals surface area (Å²) >= 11 is 0. The van der Waals surface area contributed by atoms with Crippen molar-refractivity contribution in [2.45, 2.75) is 19.8 Å². The van der Waals surface area contributed by atoms with Crippen LogP contribution in [0.25, 0.3) is 0 Å². The average molecular weight is 407 g/mol. The van der Waals surface area contributed by atoms with Gasteiger partial charge in [0.2, 0.25) is 0 Å². The maximum atomic E-state index is 12.9. The highest BCUT2D eigenvalue weighted by Crippen LogP contribution is 2.28. The highest BCUT2D eigenvalue weighted by atomic mass is 16.5. The zero-order valence-corrected chi connectivity index (χ0v) is 17.6. The summed E-state index contributed by atoms with van der Waals surface area (Å²) in [5.74, 6) is 6.92. The number of hydrogen-bond acceptors (Lipinski definition) is 4. The Kier molecular flexibility index (Phi) is 6.26. The molecule has 1 fully saturated rings. The number of aromatic nitrogens is 1. The maximum absolute atomic E-state index is 12.9. The van der Waals surface area contributed by atoms with Crippen LogP contribution < -0.4 is 15.2 Å². The van der Waals surface area contributed by atoms with Crippen LogP contribution in [0.4, 0.5) is 10.5 Å². The van der Waals surface area contributed by atoms with Crippen molar-refractivity contribution in [2.24, 2.45) is 5.92 Å². The summed E-state index contributed by atoms with van der Waals surface area (Å²) in [5, 5.41) is 0. The van der Waals surface area contributed by atoms with Crippen LogP contribution in [0.5, 0.6) is 5.75 Å². The minimum Gasteiger partial charge on any atom is -0.484 e. The largest absolute Gasteiger partial charge is 0.484 e. The normalized spacial score (nSPS) is 12.5. The van der Waals surface area contributed by atoms with Crippen LogP contribution in [-0.4, -0.2) is 49.2 Å². The smallest absolute Gasteiger partial charge is 0.335 e. The lowest BCUT2D eigenvalue weighted by atomic mass is 10.1. The number of carbonyl (C=O) groups excluding carboxylic acids is 2. The molecule has 0 bridgehead atoms. The van der Waals surface area contributed by atoms with Gasteiger partial charge in [0, 0.05) is 50.6 Å². The Labute approximate surface area is 175 Å². The predicted octanol–water partition coefficient (Wildman–Crippen LogP) is 2.49. The molecule has 1 aliphatic rings. The van der Waals surface area contributed by atoms with Gasteiger partial charge in [0.15, 0.2) is 6.61 Å². The molecule has 3 rings (SSSR count). The highest BCUT2D eigenvalue weighted by Gasteiger charge is 2.19. The Morgan fingerprint density at radius 2 is 1.90 bits per heavy atom. The second-order valence-corrected chi connectivity index (χ2v) is 7.53. The van der Waals surface area contributed by atoms with Gasteiger partial charge in [0.05, 0.1) is 0 Å². The van der Waals surface area contributed by atoms with E-state index < -0.39 is 11.6 Å². The first kappa shape index (κ1) is 21.2. The minimum atomic E-state index is -0.536. The highest BCUT2D eigenvalue weighted by molar-refractivity contribution is 5.93. The molecule has 1 aromatic carbocycles. The molecule has 0 saturated heterocycles. The fourth-order valence-corrected chi connectivity index (χ4v) is 2.77. The lowest BCUT2D eigenvalue weighted by Gasteiger charge is -2.20. The summed E-state index contributed by atoms with van der Waals surface area (Å²) in [6.07, 6.45) is 3.69. The number of carbonyl (C=O) groups is 2. The van der Waals surface area contributed by atoms with E-state index in [0.29, 0.717) is 11.6 Å². The van der Waals surface area contributed by atoms with Gasteiger partial charge < -0.3 is 9.64 Å². The number of nitrogens with zero attached hydrogens (tertiary/aromatic N) is 3. The molecule has 0 aliphatic heterocycles. The average Bonchev–Trinajstić information content (AvgIpc) is 3.54. The number of amides is 2. The Hall–Kier alpha value is -3.53. The van der Waals surface area contributed by atoms with E-state index >= 15 is 0 Å². The molecule has 1 heterocycles. The molecule has 0 radical (unpaired) electrons. The van der Waals surface area contributed by atoms with E-state index in [1.807, 2.05) is 25.1 Å². The first-order valence-electron chi connectivity index (χ1n) is 9.72. The van der Waals surface area contributed by atoms with Crippen molar-refractivity contribution in [1.29, 1.82) is 0 Å². The van der Waals surface area contributed by atoms with Crippen LogP contribution in [0.15, 0.2) is 41.3 Å². The first-order chi connectivity index (χ1) is 14.3. The number of ether oxygens (including phenoxy) is 1. The van der Waals surface area contributed by atoms with E-state index in [9.17, 15) is 14.4 Å². The van der Waals surface area contributed by atoms with Gasteiger partial charge in [-0.3, -0.25) is 14.5 Å². The van der Waals surface area contributed by atoms with Gasteiger partial charge in [0.1, 0.15) is 5.75 Å². The predicted molar refractivity (Wildman–Crippen MR) is 115 cm³/mol. The summed E-state index contributed by atoms with van der Waals surface area (Å²) in [6.45, 7) is 1.72. The molecule has 0 spiro atoms. The summed E-state index contributed by atoms with van der Waals surface area (Å²) in [4.78, 5) is 39.7. The van der Waals surface area contributed by atoms with E-state index in [1.165, 1.54) is 41.0 Å². The quantitative estimate of drug-likeness (QED) is 0.730. The fraction of sp³-hybridized carbons (Fsp3) is 0.348. The first-order valence-corrected chi connectivity index (χ1v) is 9.72. The van der Waals surface area contributed by atoms with Crippen LogP contribution in [0.3, 0.4) is 0 Å². The third kappa shape index (κ3) is 5.09. The van der Waals surface area contributed by atoms with Gasteiger partial charge >= 0.3 is 6.03 Å². The van der Waals surface area contributed by atoms with Crippen molar-refractivity contribution < 1.29 is 14.3 Å². The molecule has 0 unspecified atom stereocenters. The molecular weight excluding hydrogens is 382 g/mol. The maximum Gasteiger partial charge on any atom is 0.335 e.